The van der Waals surface area contributed by atoms with E-state index in [2.05, 4.69) is 10.3 Å². The van der Waals surface area contributed by atoms with Crippen molar-refractivity contribution in [3.63, 3.8) is 0 Å². The van der Waals surface area contributed by atoms with Crippen molar-refractivity contribution in [1.82, 2.24) is 4.98 Å². The summed E-state index contributed by atoms with van der Waals surface area (Å²) in [5, 5.41) is 3.70. The molecule has 3 aromatic carbocycles. The number of anilines is 1. The molecule has 1 N–H and O–H groups in total. The number of carbonyl (C=O) groups excluding carboxylic acids is 1. The first-order valence-corrected chi connectivity index (χ1v) is 14.1. The molecule has 0 bridgehead atoms. The molecule has 6 nitrogen and oxygen atoms in total. The van der Waals surface area contributed by atoms with E-state index in [9.17, 15) is 13.6 Å². The number of hydrogen-bond donors (Lipinski definition) is 1. The highest BCUT2D eigenvalue weighted by molar-refractivity contribution is 7.79. The fourth-order valence-electron chi connectivity index (χ4n) is 4.45. The molecule has 1 fully saturated rings. The summed E-state index contributed by atoms with van der Waals surface area (Å²) < 4.78 is 28.4. The number of hydrogen-bond acceptors (Lipinski definition) is 5. The number of amides is 1. The summed E-state index contributed by atoms with van der Waals surface area (Å²) in [7, 11) is 0. The average molecular weight is 589 g/mol. The molecule has 2 atom stereocenters. The van der Waals surface area contributed by atoms with Gasteiger partial charge < -0.3 is 14.3 Å². The molecule has 196 valence electrons. The summed E-state index contributed by atoms with van der Waals surface area (Å²) in [6.45, 7) is 1.61. The molecule has 38 heavy (non-hydrogen) atoms. The van der Waals surface area contributed by atoms with Crippen molar-refractivity contribution in [2.45, 2.75) is 36.9 Å². The van der Waals surface area contributed by atoms with Crippen LogP contribution in [0.2, 0.25) is 15.1 Å². The van der Waals surface area contributed by atoms with Crippen molar-refractivity contribution >= 4 is 57.5 Å². The summed E-state index contributed by atoms with van der Waals surface area (Å²) in [5.41, 5.74) is 2.96. The first-order chi connectivity index (χ1) is 18.2. The Morgan fingerprint density at radius 2 is 1.71 bits per heavy atom. The van der Waals surface area contributed by atoms with Crippen LogP contribution in [-0.4, -0.2) is 19.7 Å². The van der Waals surface area contributed by atoms with Crippen molar-refractivity contribution in [2.75, 3.05) is 5.32 Å². The minimum atomic E-state index is -2.20. The van der Waals surface area contributed by atoms with Crippen molar-refractivity contribution < 1.29 is 18.0 Å². The van der Waals surface area contributed by atoms with E-state index in [1.807, 2.05) is 12.1 Å². The number of aromatic nitrogens is 1. The first-order valence-electron chi connectivity index (χ1n) is 11.8. The van der Waals surface area contributed by atoms with Gasteiger partial charge in [0.15, 0.2) is 5.76 Å². The molecule has 1 heterocycles. The molecule has 1 amide bonds. The molecule has 0 spiro atoms. The Morgan fingerprint density at radius 3 is 2.29 bits per heavy atom. The van der Waals surface area contributed by atoms with Crippen molar-refractivity contribution in [3.05, 3.63) is 105 Å². The third kappa shape index (κ3) is 5.53. The summed E-state index contributed by atoms with van der Waals surface area (Å²) in [6.07, 6.45) is 3.36. The summed E-state index contributed by atoms with van der Waals surface area (Å²) in [6, 6.07) is 17.6. The van der Waals surface area contributed by atoms with Gasteiger partial charge in [-0.15, -0.1) is 0 Å². The lowest BCUT2D eigenvalue weighted by atomic mass is 9.95. The van der Waals surface area contributed by atoms with Crippen LogP contribution < -0.4 is 5.32 Å². The molecule has 1 saturated carbocycles. The Balaban J connectivity index is 1.31. The molecular formula is C28H22Cl3N2O4S-. The van der Waals surface area contributed by atoms with Crippen LogP contribution in [0.25, 0.3) is 11.3 Å². The molecule has 0 saturated heterocycles. The third-order valence-corrected chi connectivity index (χ3v) is 8.40. The molecular weight excluding hydrogens is 567 g/mol. The Bertz CT molecular complexity index is 1490. The van der Waals surface area contributed by atoms with Gasteiger partial charge in [0.1, 0.15) is 0 Å². The van der Waals surface area contributed by atoms with E-state index in [-0.39, 0.29) is 12.3 Å². The average Bonchev–Trinajstić information content (AvgIpc) is 3.50. The zero-order valence-electron chi connectivity index (χ0n) is 20.2. The highest BCUT2D eigenvalue weighted by Crippen LogP contribution is 2.57. The van der Waals surface area contributed by atoms with Gasteiger partial charge in [-0.2, -0.15) is 0 Å². The maximum Gasteiger partial charge on any atom is 0.228 e. The maximum absolute atomic E-state index is 12.7. The largest absolute Gasteiger partial charge is 0.772 e. The topological polar surface area (TPSA) is 95.3 Å². The van der Waals surface area contributed by atoms with E-state index in [4.69, 9.17) is 39.2 Å². The van der Waals surface area contributed by atoms with Crippen LogP contribution in [0.1, 0.15) is 47.6 Å². The van der Waals surface area contributed by atoms with Gasteiger partial charge in [0.05, 0.1) is 18.0 Å². The monoisotopic (exact) mass is 587 g/mol. The zero-order chi connectivity index (χ0) is 27.0. The second kappa shape index (κ2) is 10.8. The molecule has 0 radical (unpaired) electrons. The normalized spacial score (nSPS) is 15.6. The van der Waals surface area contributed by atoms with Gasteiger partial charge in [0.2, 0.25) is 11.8 Å². The molecule has 0 aliphatic heterocycles. The minimum Gasteiger partial charge on any atom is -0.772 e. The summed E-state index contributed by atoms with van der Waals surface area (Å²) in [5.74, 6) is 0.920. The van der Waals surface area contributed by atoms with Crippen LogP contribution in [0.4, 0.5) is 5.69 Å². The lowest BCUT2D eigenvalue weighted by molar-refractivity contribution is -0.115. The highest BCUT2D eigenvalue weighted by Gasteiger charge is 2.52. The molecule has 1 aliphatic carbocycles. The SMILES string of the molecule is CC(c1ccc(CC(=O)Nc2cc(Cl)c(C3(c4ncc(-c5ccc(Cl)cc5)o4)CC3)c(Cl)c2)cc1)S(=O)[O-]. The smallest absolute Gasteiger partial charge is 0.228 e. The van der Waals surface area contributed by atoms with Crippen LogP contribution in [0, 0.1) is 0 Å². The molecule has 10 heteroatoms. The second-order valence-electron chi connectivity index (χ2n) is 9.30. The number of nitrogens with zero attached hydrogens (tertiary/aromatic N) is 1. The van der Waals surface area contributed by atoms with Gasteiger partial charge in [-0.05, 0) is 78.4 Å². The van der Waals surface area contributed by atoms with Crippen LogP contribution in [-0.2, 0) is 27.7 Å². The summed E-state index contributed by atoms with van der Waals surface area (Å²) >= 11 is 17.2. The third-order valence-electron chi connectivity index (χ3n) is 6.70. The molecule has 1 aliphatic rings. The van der Waals surface area contributed by atoms with Crippen LogP contribution in [0.15, 0.2) is 71.3 Å². The number of carbonyl (C=O) groups is 1. The number of oxazole rings is 1. The van der Waals surface area contributed by atoms with Crippen molar-refractivity contribution in [2.24, 2.45) is 0 Å². The molecule has 2 unspecified atom stereocenters. The van der Waals surface area contributed by atoms with Gasteiger partial charge in [-0.1, -0.05) is 59.1 Å². The quantitative estimate of drug-likeness (QED) is 0.215. The van der Waals surface area contributed by atoms with E-state index in [0.29, 0.717) is 38.0 Å². The number of halogens is 3. The van der Waals surface area contributed by atoms with Gasteiger partial charge in [0, 0.05) is 37.1 Å². The van der Waals surface area contributed by atoms with E-state index in [1.165, 1.54) is 0 Å². The Morgan fingerprint density at radius 1 is 1.08 bits per heavy atom. The maximum atomic E-state index is 12.7. The molecule has 5 rings (SSSR count). The minimum absolute atomic E-state index is 0.111. The summed E-state index contributed by atoms with van der Waals surface area (Å²) in [4.78, 5) is 17.2. The molecule has 1 aromatic heterocycles. The molecule has 4 aromatic rings. The first kappa shape index (κ1) is 26.9. The fraction of sp³-hybridized carbons (Fsp3) is 0.214. The predicted molar refractivity (Wildman–Crippen MR) is 150 cm³/mol. The Labute approximate surface area is 237 Å². The van der Waals surface area contributed by atoms with Gasteiger partial charge in [-0.25, -0.2) is 4.98 Å². The van der Waals surface area contributed by atoms with E-state index in [0.717, 1.165) is 29.5 Å². The number of rotatable bonds is 8. The van der Waals surface area contributed by atoms with E-state index >= 15 is 0 Å². The highest BCUT2D eigenvalue weighted by atomic mass is 35.5. The van der Waals surface area contributed by atoms with Gasteiger partial charge in [-0.3, -0.25) is 9.00 Å². The zero-order valence-corrected chi connectivity index (χ0v) is 23.3. The van der Waals surface area contributed by atoms with Crippen molar-refractivity contribution in [1.29, 1.82) is 0 Å². The van der Waals surface area contributed by atoms with E-state index in [1.54, 1.807) is 61.7 Å². The van der Waals surface area contributed by atoms with Gasteiger partial charge >= 0.3 is 0 Å². The van der Waals surface area contributed by atoms with Gasteiger partial charge in [0.25, 0.3) is 0 Å². The lowest BCUT2D eigenvalue weighted by Crippen LogP contribution is -2.16. The van der Waals surface area contributed by atoms with Crippen LogP contribution >= 0.6 is 34.8 Å². The van der Waals surface area contributed by atoms with Crippen molar-refractivity contribution in [3.8, 4) is 11.3 Å². The fourth-order valence-corrected chi connectivity index (χ4v) is 5.80. The lowest BCUT2D eigenvalue weighted by Gasteiger charge is -2.17. The predicted octanol–water partition coefficient (Wildman–Crippen LogP) is 7.50. The van der Waals surface area contributed by atoms with E-state index < -0.39 is 21.7 Å². The number of benzene rings is 3. The Hall–Kier alpha value is -2.68. The standard InChI is InChI=1S/C28H23Cl3N2O4S/c1-16(38(35)36)18-4-2-17(3-5-18)12-25(34)33-21-13-22(30)26(23(31)14-21)28(10-11-28)27-32-15-24(37-27)19-6-8-20(29)9-7-19/h2-9,13-16H,10-12H2,1H3,(H,33,34)(H,35,36)/p-1. The second-order valence-corrected chi connectivity index (χ2v) is 11.8. The Kier molecular flexibility index (Phi) is 7.67. The number of nitrogens with one attached hydrogen (secondary N) is 1. The van der Waals surface area contributed by atoms with Crippen LogP contribution in [0.3, 0.4) is 0 Å². The van der Waals surface area contributed by atoms with Crippen LogP contribution in [0.5, 0.6) is 0 Å².